The fourth-order valence-corrected chi connectivity index (χ4v) is 6.93. The van der Waals surface area contributed by atoms with E-state index in [0.29, 0.717) is 32.1 Å². The molecule has 1 aromatic rings. The van der Waals surface area contributed by atoms with E-state index in [1.54, 1.807) is 4.90 Å². The summed E-state index contributed by atoms with van der Waals surface area (Å²) < 4.78 is 0. The van der Waals surface area contributed by atoms with Crippen LogP contribution in [-0.2, 0) is 4.79 Å². The summed E-state index contributed by atoms with van der Waals surface area (Å²) >= 11 is 0. The minimum Gasteiger partial charge on any atom is -0.508 e. The van der Waals surface area contributed by atoms with E-state index in [1.807, 2.05) is 4.90 Å². The molecule has 0 unspecified atom stereocenters. The summed E-state index contributed by atoms with van der Waals surface area (Å²) in [6.45, 7) is 2.35. The number of rotatable bonds is 2. The lowest BCUT2D eigenvalue weighted by Crippen LogP contribution is -2.55. The van der Waals surface area contributed by atoms with Gasteiger partial charge in [0.15, 0.2) is 0 Å². The first kappa shape index (κ1) is 18.8. The van der Waals surface area contributed by atoms with Crippen molar-refractivity contribution >= 4 is 11.8 Å². The van der Waals surface area contributed by atoms with Crippen molar-refractivity contribution in [2.75, 3.05) is 26.2 Å². The smallest absolute Gasteiger partial charge is 0.254 e. The molecular weight excluding hydrogens is 368 g/mol. The van der Waals surface area contributed by atoms with Gasteiger partial charge in [-0.3, -0.25) is 9.59 Å². The Balaban J connectivity index is 1.28. The summed E-state index contributed by atoms with van der Waals surface area (Å²) in [5.74, 6) is 2.11. The highest BCUT2D eigenvalue weighted by Gasteiger charge is 2.55. The number of hydrogen-bond acceptors (Lipinski definition) is 4. The van der Waals surface area contributed by atoms with Crippen molar-refractivity contribution in [3.63, 3.8) is 0 Å². The summed E-state index contributed by atoms with van der Waals surface area (Å²) in [6, 6.07) is 3.97. The maximum atomic E-state index is 13.6. The number of benzene rings is 1. The molecule has 2 amide bonds. The molecule has 4 bridgehead atoms. The van der Waals surface area contributed by atoms with Crippen LogP contribution in [0.25, 0.3) is 0 Å². The maximum absolute atomic E-state index is 13.6. The van der Waals surface area contributed by atoms with Crippen molar-refractivity contribution in [3.8, 4) is 11.5 Å². The van der Waals surface area contributed by atoms with Gasteiger partial charge in [-0.15, -0.1) is 0 Å². The van der Waals surface area contributed by atoms with E-state index in [-0.39, 0.29) is 28.4 Å². The summed E-state index contributed by atoms with van der Waals surface area (Å²) in [7, 11) is 0. The lowest BCUT2D eigenvalue weighted by Gasteiger charge is -2.56. The number of hydrogen-bond donors (Lipinski definition) is 2. The first-order chi connectivity index (χ1) is 13.9. The predicted octanol–water partition coefficient (Wildman–Crippen LogP) is 2.99. The Labute approximate surface area is 171 Å². The molecule has 6 nitrogen and oxygen atoms in total. The maximum Gasteiger partial charge on any atom is 0.254 e. The SMILES string of the molecule is O=C(c1cc(O)cc(O)c1)N1CCCN(C(=O)C23CC4CC(CC(C4)C2)C3)CC1. The molecule has 0 spiro atoms. The summed E-state index contributed by atoms with van der Waals surface area (Å²) in [5.41, 5.74) is 0.147. The first-order valence-electron chi connectivity index (χ1n) is 11.0. The number of carbonyl (C=O) groups is 2. The van der Waals surface area contributed by atoms with Gasteiger partial charge in [0.05, 0.1) is 5.41 Å². The lowest BCUT2D eigenvalue weighted by molar-refractivity contribution is -0.157. The molecule has 0 atom stereocenters. The average Bonchev–Trinajstić information content (AvgIpc) is 2.91. The quantitative estimate of drug-likeness (QED) is 0.803. The number of amides is 2. The first-order valence-corrected chi connectivity index (χ1v) is 11.0. The van der Waals surface area contributed by atoms with Gasteiger partial charge in [-0.25, -0.2) is 0 Å². The molecule has 1 saturated heterocycles. The molecule has 156 valence electrons. The van der Waals surface area contributed by atoms with Crippen LogP contribution in [0, 0.1) is 23.2 Å². The van der Waals surface area contributed by atoms with Crippen LogP contribution in [0.2, 0.25) is 0 Å². The van der Waals surface area contributed by atoms with E-state index >= 15 is 0 Å². The molecule has 4 saturated carbocycles. The zero-order chi connectivity index (χ0) is 20.2. The van der Waals surface area contributed by atoms with Crippen LogP contribution < -0.4 is 0 Å². The van der Waals surface area contributed by atoms with Crippen LogP contribution in [0.3, 0.4) is 0 Å². The molecular formula is C23H30N2O4. The van der Waals surface area contributed by atoms with E-state index in [2.05, 4.69) is 0 Å². The lowest BCUT2D eigenvalue weighted by atomic mass is 9.49. The highest BCUT2D eigenvalue weighted by Crippen LogP contribution is 2.60. The van der Waals surface area contributed by atoms with Gasteiger partial charge in [-0.05, 0) is 74.8 Å². The van der Waals surface area contributed by atoms with Gasteiger partial charge in [0.1, 0.15) is 11.5 Å². The number of phenols is 2. The number of nitrogens with zero attached hydrogens (tertiary/aromatic N) is 2. The van der Waals surface area contributed by atoms with Crippen molar-refractivity contribution in [3.05, 3.63) is 23.8 Å². The Morgan fingerprint density at radius 1 is 0.793 bits per heavy atom. The molecule has 6 rings (SSSR count). The summed E-state index contributed by atoms with van der Waals surface area (Å²) in [4.78, 5) is 30.2. The van der Waals surface area contributed by atoms with Crippen molar-refractivity contribution < 1.29 is 19.8 Å². The van der Waals surface area contributed by atoms with Crippen molar-refractivity contribution in [1.82, 2.24) is 9.80 Å². The van der Waals surface area contributed by atoms with Gasteiger partial charge in [0.25, 0.3) is 5.91 Å². The molecule has 29 heavy (non-hydrogen) atoms. The molecule has 0 aromatic heterocycles. The van der Waals surface area contributed by atoms with Gasteiger partial charge in [-0.1, -0.05) is 0 Å². The highest BCUT2D eigenvalue weighted by molar-refractivity contribution is 5.95. The molecule has 6 heteroatoms. The number of aromatic hydroxyl groups is 2. The van der Waals surface area contributed by atoms with Crippen molar-refractivity contribution in [1.29, 1.82) is 0 Å². The molecule has 0 radical (unpaired) electrons. The third-order valence-electron chi connectivity index (χ3n) is 7.71. The fraction of sp³-hybridized carbons (Fsp3) is 0.652. The van der Waals surface area contributed by atoms with E-state index in [9.17, 15) is 19.8 Å². The number of carbonyl (C=O) groups excluding carboxylic acids is 2. The Kier molecular flexibility index (Phi) is 4.48. The molecule has 1 heterocycles. The second-order valence-electron chi connectivity index (χ2n) is 9.87. The van der Waals surface area contributed by atoms with Crippen LogP contribution in [0.4, 0.5) is 0 Å². The van der Waals surface area contributed by atoms with Gasteiger partial charge in [0.2, 0.25) is 5.91 Å². The van der Waals surface area contributed by atoms with Crippen molar-refractivity contribution in [2.24, 2.45) is 23.2 Å². The predicted molar refractivity (Wildman–Crippen MR) is 107 cm³/mol. The zero-order valence-electron chi connectivity index (χ0n) is 16.8. The molecule has 1 aliphatic heterocycles. The van der Waals surface area contributed by atoms with Gasteiger partial charge in [-0.2, -0.15) is 0 Å². The largest absolute Gasteiger partial charge is 0.508 e. The second-order valence-corrected chi connectivity index (χ2v) is 9.87. The average molecular weight is 399 g/mol. The summed E-state index contributed by atoms with van der Waals surface area (Å²) in [5, 5.41) is 19.4. The topological polar surface area (TPSA) is 81.1 Å². The molecule has 5 fully saturated rings. The Morgan fingerprint density at radius 3 is 1.90 bits per heavy atom. The highest BCUT2D eigenvalue weighted by atomic mass is 16.3. The molecule has 1 aromatic carbocycles. The number of phenolic OH excluding ortho intramolecular Hbond substituents is 2. The fourth-order valence-electron chi connectivity index (χ4n) is 6.93. The van der Waals surface area contributed by atoms with Crippen LogP contribution in [0.15, 0.2) is 18.2 Å². The molecule has 5 aliphatic rings. The van der Waals surface area contributed by atoms with Gasteiger partial charge in [0, 0.05) is 37.8 Å². The normalized spacial score (nSPS) is 33.6. The van der Waals surface area contributed by atoms with Crippen LogP contribution in [0.5, 0.6) is 11.5 Å². The third-order valence-corrected chi connectivity index (χ3v) is 7.71. The Morgan fingerprint density at radius 2 is 1.31 bits per heavy atom. The monoisotopic (exact) mass is 398 g/mol. The zero-order valence-corrected chi connectivity index (χ0v) is 16.8. The minimum absolute atomic E-state index is 0.123. The Bertz CT molecular complexity index is 781. The standard InChI is InChI=1S/C23H30N2O4/c26-19-9-18(10-20(27)11-19)21(28)24-2-1-3-25(5-4-24)22(29)23-12-15-6-16(13-23)8-17(7-15)14-23/h9-11,15-17,26-27H,1-8,12-14H2. The Hall–Kier alpha value is -2.24. The van der Waals surface area contributed by atoms with Gasteiger partial charge >= 0.3 is 0 Å². The third kappa shape index (κ3) is 3.36. The van der Waals surface area contributed by atoms with Crippen molar-refractivity contribution in [2.45, 2.75) is 44.9 Å². The minimum atomic E-state index is -0.208. The van der Waals surface area contributed by atoms with Gasteiger partial charge < -0.3 is 20.0 Å². The molecule has 4 aliphatic carbocycles. The van der Waals surface area contributed by atoms with E-state index in [4.69, 9.17) is 0 Å². The molecule has 2 N–H and O–H groups in total. The van der Waals surface area contributed by atoms with E-state index < -0.39 is 0 Å². The van der Waals surface area contributed by atoms with E-state index in [0.717, 1.165) is 43.4 Å². The van der Waals surface area contributed by atoms with Crippen LogP contribution >= 0.6 is 0 Å². The van der Waals surface area contributed by atoms with E-state index in [1.165, 1.54) is 37.5 Å². The second kappa shape index (κ2) is 6.92. The van der Waals surface area contributed by atoms with Crippen LogP contribution in [0.1, 0.15) is 55.3 Å². The summed E-state index contributed by atoms with van der Waals surface area (Å²) in [6.07, 6.45) is 7.94. The van der Waals surface area contributed by atoms with Crippen LogP contribution in [-0.4, -0.2) is 58.0 Å².